The molecule has 5 fully saturated rings. The molecular weight excluding hydrogens is 655 g/mol. The first-order chi connectivity index (χ1) is 25.0. The second-order valence-corrected chi connectivity index (χ2v) is 20.5. The third-order valence-electron chi connectivity index (χ3n) is 17.3. The van der Waals surface area contributed by atoms with Crippen LogP contribution in [0.3, 0.4) is 0 Å². The number of piperazine rings is 1. The van der Waals surface area contributed by atoms with Crippen molar-refractivity contribution in [3.8, 4) is 0 Å². The number of carbonyl (C=O) groups is 2. The highest BCUT2D eigenvalue weighted by Gasteiger charge is 2.70. The number of fused-ring (bicyclic) bond motifs is 7. The molecular formula is C47H71N3O3. The van der Waals surface area contributed by atoms with Gasteiger partial charge in [0.15, 0.2) is 0 Å². The highest BCUT2D eigenvalue weighted by Crippen LogP contribution is 2.76. The van der Waals surface area contributed by atoms with E-state index in [1.165, 1.54) is 68.1 Å². The third-order valence-corrected chi connectivity index (χ3v) is 17.3. The number of allylic oxidation sites excluding steroid dienone is 3. The molecule has 7 rings (SSSR count). The molecule has 0 unspecified atom stereocenters. The Labute approximate surface area is 321 Å². The van der Waals surface area contributed by atoms with Crippen molar-refractivity contribution in [3.05, 3.63) is 53.6 Å². The molecule has 2 N–H and O–H groups in total. The number of hydrogen-bond donors (Lipinski definition) is 2. The molecule has 9 atom stereocenters. The maximum absolute atomic E-state index is 12.7. The molecule has 4 saturated carbocycles. The van der Waals surface area contributed by atoms with E-state index in [1.54, 1.807) is 12.1 Å². The number of carboxylic acids is 1. The number of nitrogens with one attached hydrogen (secondary N) is 1. The molecule has 0 bridgehead atoms. The number of carbonyl (C=O) groups excluding carboxylic acids is 1. The first kappa shape index (κ1) is 38.8. The Morgan fingerprint density at radius 1 is 0.887 bits per heavy atom. The van der Waals surface area contributed by atoms with Crippen molar-refractivity contribution >= 4 is 17.4 Å². The Bertz CT molecular complexity index is 1600. The van der Waals surface area contributed by atoms with Gasteiger partial charge in [-0.3, -0.25) is 9.69 Å². The van der Waals surface area contributed by atoms with E-state index >= 15 is 0 Å². The number of benzene rings is 1. The summed E-state index contributed by atoms with van der Waals surface area (Å²) in [7, 11) is 0. The van der Waals surface area contributed by atoms with Crippen LogP contribution in [0.1, 0.15) is 136 Å². The Hall–Kier alpha value is -2.44. The summed E-state index contributed by atoms with van der Waals surface area (Å²) >= 11 is 0. The molecule has 0 radical (unpaired) electrons. The van der Waals surface area contributed by atoms with Crippen LogP contribution in [0, 0.1) is 57.2 Å². The predicted molar refractivity (Wildman–Crippen MR) is 217 cm³/mol. The Morgan fingerprint density at radius 3 is 2.23 bits per heavy atom. The van der Waals surface area contributed by atoms with E-state index < -0.39 is 5.97 Å². The van der Waals surface area contributed by atoms with Crippen molar-refractivity contribution in [1.29, 1.82) is 0 Å². The fourth-order valence-electron chi connectivity index (χ4n) is 14.5. The van der Waals surface area contributed by atoms with E-state index in [2.05, 4.69) is 83.2 Å². The van der Waals surface area contributed by atoms with Crippen LogP contribution in [0.2, 0.25) is 0 Å². The number of aromatic carboxylic acids is 1. The fraction of sp³-hybridized carbons (Fsp3) is 0.745. The van der Waals surface area contributed by atoms with Crippen molar-refractivity contribution in [2.45, 2.75) is 125 Å². The zero-order valence-electron chi connectivity index (χ0n) is 34.5. The van der Waals surface area contributed by atoms with Gasteiger partial charge in [-0.1, -0.05) is 78.8 Å². The minimum atomic E-state index is -0.860. The van der Waals surface area contributed by atoms with Crippen LogP contribution < -0.4 is 5.32 Å². The number of nitrogens with zero attached hydrogens (tertiary/aromatic N) is 2. The normalized spacial score (nSPS) is 39.4. The summed E-state index contributed by atoms with van der Waals surface area (Å²) in [5.74, 6) is 3.13. The first-order valence-electron chi connectivity index (χ1n) is 21.4. The van der Waals surface area contributed by atoms with Crippen LogP contribution >= 0.6 is 0 Å². The smallest absolute Gasteiger partial charge is 0.335 e. The second-order valence-electron chi connectivity index (χ2n) is 20.5. The largest absolute Gasteiger partial charge is 0.478 e. The summed E-state index contributed by atoms with van der Waals surface area (Å²) in [6.45, 7) is 30.1. The lowest BCUT2D eigenvalue weighted by Crippen LogP contribution is -2.68. The van der Waals surface area contributed by atoms with Gasteiger partial charge in [-0.2, -0.15) is 0 Å². The molecule has 1 aromatic rings. The van der Waals surface area contributed by atoms with Crippen molar-refractivity contribution in [2.24, 2.45) is 57.2 Å². The molecule has 1 aliphatic heterocycles. The minimum absolute atomic E-state index is 0.0230. The Balaban J connectivity index is 1.09. The topological polar surface area (TPSA) is 72.9 Å². The van der Waals surface area contributed by atoms with Crippen LogP contribution in [0.4, 0.5) is 0 Å². The molecule has 1 heterocycles. The first-order valence-corrected chi connectivity index (χ1v) is 21.4. The average Bonchev–Trinajstić information content (AvgIpc) is 3.48. The predicted octanol–water partition coefficient (Wildman–Crippen LogP) is 9.57. The lowest BCUT2D eigenvalue weighted by molar-refractivity contribution is -0.219. The SMILES string of the molecule is C=C(C)[C@@H]1CC[C@]2(NCCN3CCN(C(=O)CC(C)C)CC3)CC[C@]3(C)[C@H](CC[C@@H]4[C@@]5(C)CC=C(c6ccc(C(=O)O)cc6)C(C)(C)[C@@H]5CC[C@]43C)[C@@H]12. The van der Waals surface area contributed by atoms with Crippen molar-refractivity contribution in [3.63, 3.8) is 0 Å². The number of carboxylic acid groups (broad SMARTS) is 1. The third kappa shape index (κ3) is 6.28. The van der Waals surface area contributed by atoms with E-state index in [1.807, 2.05) is 12.1 Å². The van der Waals surface area contributed by atoms with E-state index in [4.69, 9.17) is 0 Å². The average molecular weight is 726 g/mol. The fourth-order valence-corrected chi connectivity index (χ4v) is 14.5. The lowest BCUT2D eigenvalue weighted by atomic mass is 9.33. The molecule has 6 aliphatic rings. The molecule has 0 aromatic heterocycles. The molecule has 1 saturated heterocycles. The highest BCUT2D eigenvalue weighted by molar-refractivity contribution is 5.88. The quantitative estimate of drug-likeness (QED) is 0.248. The van der Waals surface area contributed by atoms with Crippen molar-refractivity contribution in [2.75, 3.05) is 39.3 Å². The maximum atomic E-state index is 12.7. The zero-order valence-corrected chi connectivity index (χ0v) is 34.5. The lowest BCUT2D eigenvalue weighted by Gasteiger charge is -2.72. The number of rotatable bonds is 9. The van der Waals surface area contributed by atoms with Gasteiger partial charge >= 0.3 is 5.97 Å². The molecule has 1 amide bonds. The minimum Gasteiger partial charge on any atom is -0.478 e. The van der Waals surface area contributed by atoms with Gasteiger partial charge in [0.05, 0.1) is 5.56 Å². The molecule has 5 aliphatic carbocycles. The molecule has 53 heavy (non-hydrogen) atoms. The van der Waals surface area contributed by atoms with Crippen molar-refractivity contribution < 1.29 is 14.7 Å². The number of hydrogen-bond acceptors (Lipinski definition) is 4. The molecule has 6 nitrogen and oxygen atoms in total. The van der Waals surface area contributed by atoms with Gasteiger partial charge in [0.1, 0.15) is 0 Å². The maximum Gasteiger partial charge on any atom is 0.335 e. The molecule has 292 valence electrons. The summed E-state index contributed by atoms with van der Waals surface area (Å²) in [5, 5.41) is 13.8. The van der Waals surface area contributed by atoms with Gasteiger partial charge in [0.25, 0.3) is 0 Å². The molecule has 6 heteroatoms. The summed E-state index contributed by atoms with van der Waals surface area (Å²) < 4.78 is 0. The molecule has 1 aromatic carbocycles. The van der Waals surface area contributed by atoms with Gasteiger partial charge in [-0.25, -0.2) is 4.79 Å². The van der Waals surface area contributed by atoms with Gasteiger partial charge in [0.2, 0.25) is 5.91 Å². The van der Waals surface area contributed by atoms with Gasteiger partial charge in [-0.05, 0) is 145 Å². The Morgan fingerprint density at radius 2 is 1.58 bits per heavy atom. The van der Waals surface area contributed by atoms with Crippen LogP contribution in [0.15, 0.2) is 42.5 Å². The van der Waals surface area contributed by atoms with E-state index in [0.29, 0.717) is 64.2 Å². The standard InChI is InChI=1S/C47H71N3O3/c1-31(2)30-40(51)50-28-26-49(27-29-50)25-24-48-47-21-16-35(32(3)4)41(47)37-14-15-39-44(7)19-17-36(33-10-12-34(13-11-33)42(52)53)43(5,6)38(44)18-20-46(39,9)45(37,8)22-23-47/h10-13,17,31,35,37-39,41,48H,3,14-16,18-30H2,1-2,4-9H3,(H,52,53)/t35-,37+,38-,39+,41+,44-,45+,46+,47-/m0/s1. The van der Waals surface area contributed by atoms with Crippen LogP contribution in [-0.2, 0) is 4.79 Å². The molecule has 0 spiro atoms. The van der Waals surface area contributed by atoms with Crippen LogP contribution in [0.25, 0.3) is 5.57 Å². The van der Waals surface area contributed by atoms with Gasteiger partial charge in [0, 0.05) is 51.2 Å². The van der Waals surface area contributed by atoms with E-state index in [9.17, 15) is 14.7 Å². The van der Waals surface area contributed by atoms with E-state index in [0.717, 1.165) is 45.7 Å². The van der Waals surface area contributed by atoms with E-state index in [-0.39, 0.29) is 16.4 Å². The summed E-state index contributed by atoms with van der Waals surface area (Å²) in [6.07, 6.45) is 14.7. The number of amides is 1. The summed E-state index contributed by atoms with van der Waals surface area (Å²) in [6, 6.07) is 7.64. The highest BCUT2D eigenvalue weighted by atomic mass is 16.4. The summed E-state index contributed by atoms with van der Waals surface area (Å²) in [5.41, 5.74) is 5.43. The Kier molecular flexibility index (Phi) is 10.2. The van der Waals surface area contributed by atoms with Crippen molar-refractivity contribution in [1.82, 2.24) is 15.1 Å². The zero-order chi connectivity index (χ0) is 38.1. The van der Waals surface area contributed by atoms with Gasteiger partial charge < -0.3 is 15.3 Å². The summed E-state index contributed by atoms with van der Waals surface area (Å²) in [4.78, 5) is 28.9. The second kappa shape index (κ2) is 13.9. The monoisotopic (exact) mass is 726 g/mol. The van der Waals surface area contributed by atoms with Gasteiger partial charge in [-0.15, -0.1) is 0 Å². The van der Waals surface area contributed by atoms with Crippen LogP contribution in [-0.4, -0.2) is 71.6 Å². The van der Waals surface area contributed by atoms with Crippen LogP contribution in [0.5, 0.6) is 0 Å².